The Hall–Kier alpha value is -0.160. The van der Waals surface area contributed by atoms with Crippen LogP contribution in [0.15, 0.2) is 0 Å². The third kappa shape index (κ3) is 2.24. The molecule has 98 valence electrons. The van der Waals surface area contributed by atoms with Gasteiger partial charge in [0.05, 0.1) is 37.9 Å². The van der Waals surface area contributed by atoms with Crippen LogP contribution in [0.4, 0.5) is 0 Å². The van der Waals surface area contributed by atoms with E-state index in [-0.39, 0.29) is 12.0 Å². The van der Waals surface area contributed by atoms with Crippen LogP contribution < -0.4 is 0 Å². The Morgan fingerprint density at radius 2 is 2.06 bits per heavy atom. The molecule has 0 aromatic carbocycles. The highest BCUT2D eigenvalue weighted by Crippen LogP contribution is 2.33. The highest BCUT2D eigenvalue weighted by atomic mass is 16.5. The third-order valence-electron chi connectivity index (χ3n) is 4.54. The average molecular weight is 241 g/mol. The SMILES string of the molecule is OCC1(CN2CCOC3CCCCC32)COC1. The van der Waals surface area contributed by atoms with Crippen molar-refractivity contribution in [1.29, 1.82) is 0 Å². The van der Waals surface area contributed by atoms with Crippen LogP contribution in [0.1, 0.15) is 25.7 Å². The molecular weight excluding hydrogens is 218 g/mol. The lowest BCUT2D eigenvalue weighted by Crippen LogP contribution is -2.60. The van der Waals surface area contributed by atoms with E-state index in [1.165, 1.54) is 25.7 Å². The molecule has 2 unspecified atom stereocenters. The number of aliphatic hydroxyl groups excluding tert-OH is 1. The summed E-state index contributed by atoms with van der Waals surface area (Å²) >= 11 is 0. The first-order valence-corrected chi connectivity index (χ1v) is 6.87. The van der Waals surface area contributed by atoms with Crippen molar-refractivity contribution >= 4 is 0 Å². The molecule has 4 heteroatoms. The Bertz CT molecular complexity index is 260. The lowest BCUT2D eigenvalue weighted by molar-refractivity contribution is -0.171. The second-order valence-electron chi connectivity index (χ2n) is 5.88. The number of morpholine rings is 1. The maximum atomic E-state index is 9.53. The Morgan fingerprint density at radius 3 is 2.76 bits per heavy atom. The summed E-state index contributed by atoms with van der Waals surface area (Å²) in [5.74, 6) is 0. The van der Waals surface area contributed by atoms with Gasteiger partial charge >= 0.3 is 0 Å². The molecule has 0 radical (unpaired) electrons. The van der Waals surface area contributed by atoms with Gasteiger partial charge in [0.1, 0.15) is 0 Å². The minimum absolute atomic E-state index is 0.0132. The summed E-state index contributed by atoms with van der Waals surface area (Å²) in [5, 5.41) is 9.53. The second kappa shape index (κ2) is 4.84. The lowest BCUT2D eigenvalue weighted by atomic mass is 9.83. The number of hydrogen-bond acceptors (Lipinski definition) is 4. The van der Waals surface area contributed by atoms with Crippen molar-refractivity contribution < 1.29 is 14.6 Å². The molecule has 3 rings (SSSR count). The molecule has 2 aliphatic heterocycles. The molecule has 0 bridgehead atoms. The van der Waals surface area contributed by atoms with Gasteiger partial charge in [0.2, 0.25) is 0 Å². The van der Waals surface area contributed by atoms with Crippen LogP contribution in [0.25, 0.3) is 0 Å². The quantitative estimate of drug-likeness (QED) is 0.787. The molecule has 0 spiro atoms. The second-order valence-corrected chi connectivity index (χ2v) is 5.88. The molecule has 2 heterocycles. The van der Waals surface area contributed by atoms with Crippen molar-refractivity contribution in [3.8, 4) is 0 Å². The zero-order valence-electron chi connectivity index (χ0n) is 10.4. The van der Waals surface area contributed by atoms with Crippen LogP contribution in [-0.2, 0) is 9.47 Å². The minimum atomic E-state index is 0.0132. The van der Waals surface area contributed by atoms with Gasteiger partial charge in [0.25, 0.3) is 0 Å². The molecule has 1 N–H and O–H groups in total. The average Bonchev–Trinajstić information content (AvgIpc) is 2.34. The van der Waals surface area contributed by atoms with Gasteiger partial charge in [-0.15, -0.1) is 0 Å². The highest BCUT2D eigenvalue weighted by molar-refractivity contribution is 4.94. The first kappa shape index (κ1) is 11.9. The van der Waals surface area contributed by atoms with Gasteiger partial charge in [-0.25, -0.2) is 0 Å². The predicted octanol–water partition coefficient (Wildman–Crippen LogP) is 0.639. The van der Waals surface area contributed by atoms with Gasteiger partial charge in [-0.2, -0.15) is 0 Å². The molecule has 0 aromatic rings. The van der Waals surface area contributed by atoms with Gasteiger partial charge in [0.15, 0.2) is 0 Å². The molecule has 0 aromatic heterocycles. The molecule has 1 saturated carbocycles. The standard InChI is InChI=1S/C13H23NO3/c15-8-13(9-16-10-13)7-14-5-6-17-12-4-2-1-3-11(12)14/h11-12,15H,1-10H2. The van der Waals surface area contributed by atoms with Gasteiger partial charge in [-0.1, -0.05) is 12.8 Å². The van der Waals surface area contributed by atoms with E-state index in [0.29, 0.717) is 12.1 Å². The predicted molar refractivity (Wildman–Crippen MR) is 63.9 cm³/mol. The maximum absolute atomic E-state index is 9.53. The van der Waals surface area contributed by atoms with E-state index in [1.54, 1.807) is 0 Å². The summed E-state index contributed by atoms with van der Waals surface area (Å²) in [6, 6.07) is 0.585. The summed E-state index contributed by atoms with van der Waals surface area (Å²) in [7, 11) is 0. The normalized spacial score (nSPS) is 37.2. The molecule has 2 atom stereocenters. The zero-order valence-corrected chi connectivity index (χ0v) is 10.4. The Kier molecular flexibility index (Phi) is 3.39. The third-order valence-corrected chi connectivity index (χ3v) is 4.54. The number of fused-ring (bicyclic) bond motifs is 1. The summed E-state index contributed by atoms with van der Waals surface area (Å²) in [6.45, 7) is 4.54. The zero-order chi connectivity index (χ0) is 11.7. The van der Waals surface area contributed by atoms with Gasteiger partial charge in [0, 0.05) is 19.1 Å². The molecule has 3 aliphatic rings. The van der Waals surface area contributed by atoms with Gasteiger partial charge in [-0.05, 0) is 12.8 Å². The number of hydrogen-bond donors (Lipinski definition) is 1. The smallest absolute Gasteiger partial charge is 0.0730 e. The van der Waals surface area contributed by atoms with Crippen LogP contribution >= 0.6 is 0 Å². The molecule has 0 amide bonds. The van der Waals surface area contributed by atoms with Crippen LogP contribution in [0, 0.1) is 5.41 Å². The molecule has 2 saturated heterocycles. The fraction of sp³-hybridized carbons (Fsp3) is 1.00. The fourth-order valence-corrected chi connectivity index (χ4v) is 3.43. The molecular formula is C13H23NO3. The monoisotopic (exact) mass is 241 g/mol. The summed E-state index contributed by atoms with van der Waals surface area (Å²) in [4.78, 5) is 2.55. The van der Waals surface area contributed by atoms with Gasteiger partial charge < -0.3 is 14.6 Å². The largest absolute Gasteiger partial charge is 0.396 e. The summed E-state index contributed by atoms with van der Waals surface area (Å²) in [5.41, 5.74) is 0.0132. The summed E-state index contributed by atoms with van der Waals surface area (Å²) in [6.07, 6.45) is 5.54. The van der Waals surface area contributed by atoms with Crippen LogP contribution in [0.2, 0.25) is 0 Å². The highest BCUT2D eigenvalue weighted by Gasteiger charge is 2.43. The van der Waals surface area contributed by atoms with E-state index in [4.69, 9.17) is 9.47 Å². The summed E-state index contributed by atoms with van der Waals surface area (Å²) < 4.78 is 11.2. The number of ether oxygens (including phenoxy) is 2. The van der Waals surface area contributed by atoms with E-state index >= 15 is 0 Å². The maximum Gasteiger partial charge on any atom is 0.0730 e. The molecule has 4 nitrogen and oxygen atoms in total. The van der Waals surface area contributed by atoms with Crippen LogP contribution in [0.5, 0.6) is 0 Å². The van der Waals surface area contributed by atoms with E-state index in [0.717, 1.165) is 32.9 Å². The Morgan fingerprint density at radius 1 is 1.24 bits per heavy atom. The molecule has 3 fully saturated rings. The van der Waals surface area contributed by atoms with Crippen molar-refractivity contribution in [1.82, 2.24) is 4.90 Å². The lowest BCUT2D eigenvalue weighted by Gasteiger charge is -2.49. The van der Waals surface area contributed by atoms with Crippen LogP contribution in [-0.4, -0.2) is 61.7 Å². The van der Waals surface area contributed by atoms with E-state index in [2.05, 4.69) is 4.90 Å². The van der Waals surface area contributed by atoms with E-state index in [9.17, 15) is 5.11 Å². The first-order valence-electron chi connectivity index (χ1n) is 6.87. The number of nitrogens with zero attached hydrogens (tertiary/aromatic N) is 1. The minimum Gasteiger partial charge on any atom is -0.396 e. The van der Waals surface area contributed by atoms with Crippen molar-refractivity contribution in [2.45, 2.75) is 37.8 Å². The van der Waals surface area contributed by atoms with E-state index < -0.39 is 0 Å². The van der Waals surface area contributed by atoms with Crippen molar-refractivity contribution in [2.75, 3.05) is 39.5 Å². The first-order chi connectivity index (χ1) is 8.33. The topological polar surface area (TPSA) is 41.9 Å². The van der Waals surface area contributed by atoms with Gasteiger partial charge in [-0.3, -0.25) is 4.90 Å². The van der Waals surface area contributed by atoms with Crippen molar-refractivity contribution in [3.63, 3.8) is 0 Å². The molecule has 1 aliphatic carbocycles. The number of rotatable bonds is 3. The van der Waals surface area contributed by atoms with Crippen LogP contribution in [0.3, 0.4) is 0 Å². The Labute approximate surface area is 103 Å². The molecule has 17 heavy (non-hydrogen) atoms. The number of aliphatic hydroxyl groups is 1. The van der Waals surface area contributed by atoms with Crippen molar-refractivity contribution in [2.24, 2.45) is 5.41 Å². The van der Waals surface area contributed by atoms with E-state index in [1.807, 2.05) is 0 Å². The fourth-order valence-electron chi connectivity index (χ4n) is 3.43. The van der Waals surface area contributed by atoms with Crippen molar-refractivity contribution in [3.05, 3.63) is 0 Å². The Balaban J connectivity index is 1.64.